The molecule has 10 heavy (non-hydrogen) atoms. The van der Waals surface area contributed by atoms with Gasteiger partial charge in [0.25, 0.3) is 0 Å². The number of aryl methyl sites for hydroxylation is 1. The summed E-state index contributed by atoms with van der Waals surface area (Å²) in [6, 6.07) is 1.83. The van der Waals surface area contributed by atoms with E-state index in [1.807, 2.05) is 13.0 Å². The summed E-state index contributed by atoms with van der Waals surface area (Å²) in [5.74, 6) is 1.01. The lowest BCUT2D eigenvalue weighted by Crippen LogP contribution is -2.12. The highest BCUT2D eigenvalue weighted by Crippen LogP contribution is 2.08. The maximum atomic E-state index is 7.00. The Balaban J connectivity index is 2.74. The topological polar surface area (TPSA) is 63.0 Å². The molecule has 0 bridgehead atoms. The van der Waals surface area contributed by atoms with Gasteiger partial charge in [-0.3, -0.25) is 5.41 Å². The highest BCUT2D eigenvalue weighted by molar-refractivity contribution is 5.79. The number of nitrogens with two attached hydrogens (primary N) is 1. The van der Waals surface area contributed by atoms with Crippen LogP contribution in [0, 0.1) is 12.3 Å². The molecule has 3 nitrogen and oxygen atoms in total. The molecular weight excluding hydrogens is 128 g/mol. The van der Waals surface area contributed by atoms with Crippen LogP contribution in [0.4, 0.5) is 0 Å². The van der Waals surface area contributed by atoms with Crippen molar-refractivity contribution >= 4 is 5.84 Å². The van der Waals surface area contributed by atoms with Gasteiger partial charge in [0.1, 0.15) is 5.76 Å². The van der Waals surface area contributed by atoms with Gasteiger partial charge in [-0.2, -0.15) is 0 Å². The first kappa shape index (κ1) is 6.86. The van der Waals surface area contributed by atoms with Crippen molar-refractivity contribution in [3.8, 4) is 0 Å². The Hall–Kier alpha value is -1.25. The zero-order valence-electron chi connectivity index (χ0n) is 5.85. The summed E-state index contributed by atoms with van der Waals surface area (Å²) < 4.78 is 5.01. The molecule has 0 spiro atoms. The van der Waals surface area contributed by atoms with Crippen LogP contribution in [0.5, 0.6) is 0 Å². The fourth-order valence-corrected chi connectivity index (χ4v) is 0.800. The van der Waals surface area contributed by atoms with Gasteiger partial charge in [-0.1, -0.05) is 0 Å². The first-order chi connectivity index (χ1) is 4.70. The minimum atomic E-state index is 0.171. The monoisotopic (exact) mass is 138 g/mol. The van der Waals surface area contributed by atoms with E-state index in [1.54, 1.807) is 6.26 Å². The zero-order chi connectivity index (χ0) is 7.56. The van der Waals surface area contributed by atoms with Crippen molar-refractivity contribution in [2.75, 3.05) is 0 Å². The second-order valence-corrected chi connectivity index (χ2v) is 2.20. The predicted octanol–water partition coefficient (Wildman–Crippen LogP) is 1.07. The van der Waals surface area contributed by atoms with Crippen LogP contribution in [0.2, 0.25) is 0 Å². The third-order valence-electron chi connectivity index (χ3n) is 1.35. The SMILES string of the molecule is Cc1occc1CC(=N)N. The second-order valence-electron chi connectivity index (χ2n) is 2.20. The van der Waals surface area contributed by atoms with E-state index < -0.39 is 0 Å². The van der Waals surface area contributed by atoms with Crippen LogP contribution in [-0.4, -0.2) is 5.84 Å². The number of rotatable bonds is 2. The van der Waals surface area contributed by atoms with Crippen molar-refractivity contribution in [1.29, 1.82) is 5.41 Å². The lowest BCUT2D eigenvalue weighted by atomic mass is 10.2. The van der Waals surface area contributed by atoms with Crippen LogP contribution in [0.25, 0.3) is 0 Å². The van der Waals surface area contributed by atoms with E-state index in [0.717, 1.165) is 11.3 Å². The van der Waals surface area contributed by atoms with Gasteiger partial charge in [0, 0.05) is 12.0 Å². The van der Waals surface area contributed by atoms with Crippen molar-refractivity contribution in [3.63, 3.8) is 0 Å². The van der Waals surface area contributed by atoms with E-state index in [-0.39, 0.29) is 5.84 Å². The summed E-state index contributed by atoms with van der Waals surface area (Å²) in [4.78, 5) is 0. The molecule has 0 atom stereocenters. The normalized spacial score (nSPS) is 9.70. The molecule has 0 fully saturated rings. The number of hydrogen-bond acceptors (Lipinski definition) is 2. The molecule has 0 amide bonds. The van der Waals surface area contributed by atoms with E-state index in [1.165, 1.54) is 0 Å². The Bertz CT molecular complexity index is 240. The number of nitrogens with one attached hydrogen (secondary N) is 1. The third-order valence-corrected chi connectivity index (χ3v) is 1.35. The molecule has 1 aromatic rings. The average Bonchev–Trinajstić information content (AvgIpc) is 2.15. The molecule has 0 radical (unpaired) electrons. The largest absolute Gasteiger partial charge is 0.469 e. The molecule has 0 aliphatic carbocycles. The summed E-state index contributed by atoms with van der Waals surface area (Å²) in [5.41, 5.74) is 6.19. The third kappa shape index (κ3) is 1.37. The molecule has 0 saturated carbocycles. The number of furan rings is 1. The smallest absolute Gasteiger partial charge is 0.104 e. The first-order valence-corrected chi connectivity index (χ1v) is 3.06. The molecule has 1 heterocycles. The molecule has 0 unspecified atom stereocenters. The van der Waals surface area contributed by atoms with E-state index >= 15 is 0 Å². The lowest BCUT2D eigenvalue weighted by Gasteiger charge is -1.93. The van der Waals surface area contributed by atoms with Crippen LogP contribution in [0.15, 0.2) is 16.7 Å². The minimum Gasteiger partial charge on any atom is -0.469 e. The molecule has 3 heteroatoms. The highest BCUT2D eigenvalue weighted by Gasteiger charge is 2.00. The molecular formula is C7H10N2O. The predicted molar refractivity (Wildman–Crippen MR) is 39.1 cm³/mol. The second kappa shape index (κ2) is 2.56. The zero-order valence-corrected chi connectivity index (χ0v) is 5.85. The van der Waals surface area contributed by atoms with Crippen LogP contribution < -0.4 is 5.73 Å². The standard InChI is InChI=1S/C7H10N2O/c1-5-6(2-3-10-5)4-7(8)9/h2-3H,4H2,1H3,(H3,8,9). The Kier molecular flexibility index (Phi) is 1.76. The van der Waals surface area contributed by atoms with Gasteiger partial charge in [-0.05, 0) is 13.0 Å². The summed E-state index contributed by atoms with van der Waals surface area (Å²) in [6.07, 6.45) is 2.09. The fraction of sp³-hybridized carbons (Fsp3) is 0.286. The van der Waals surface area contributed by atoms with E-state index in [0.29, 0.717) is 6.42 Å². The molecule has 0 aliphatic heterocycles. The maximum absolute atomic E-state index is 7.00. The summed E-state index contributed by atoms with van der Waals surface area (Å²) in [7, 11) is 0. The number of amidine groups is 1. The quantitative estimate of drug-likeness (QED) is 0.474. The summed E-state index contributed by atoms with van der Waals surface area (Å²) in [5, 5.41) is 7.00. The van der Waals surface area contributed by atoms with Gasteiger partial charge in [-0.25, -0.2) is 0 Å². The van der Waals surface area contributed by atoms with Crippen LogP contribution in [0.1, 0.15) is 11.3 Å². The summed E-state index contributed by atoms with van der Waals surface area (Å²) in [6.45, 7) is 1.86. The highest BCUT2D eigenvalue weighted by atomic mass is 16.3. The summed E-state index contributed by atoms with van der Waals surface area (Å²) >= 11 is 0. The van der Waals surface area contributed by atoms with Crippen molar-refractivity contribution in [3.05, 3.63) is 23.7 Å². The molecule has 0 saturated heterocycles. The van der Waals surface area contributed by atoms with E-state index in [2.05, 4.69) is 0 Å². The Morgan fingerprint density at radius 2 is 2.50 bits per heavy atom. The van der Waals surface area contributed by atoms with Gasteiger partial charge in [0.2, 0.25) is 0 Å². The van der Waals surface area contributed by atoms with Crippen molar-refractivity contribution in [1.82, 2.24) is 0 Å². The molecule has 0 aliphatic rings. The van der Waals surface area contributed by atoms with Gasteiger partial charge < -0.3 is 10.2 Å². The first-order valence-electron chi connectivity index (χ1n) is 3.06. The van der Waals surface area contributed by atoms with Crippen LogP contribution in [-0.2, 0) is 6.42 Å². The Morgan fingerprint density at radius 3 is 2.90 bits per heavy atom. The maximum Gasteiger partial charge on any atom is 0.104 e. The van der Waals surface area contributed by atoms with Crippen LogP contribution >= 0.6 is 0 Å². The average molecular weight is 138 g/mol. The molecule has 0 aromatic carbocycles. The fourth-order valence-electron chi connectivity index (χ4n) is 0.800. The molecule has 1 aromatic heterocycles. The van der Waals surface area contributed by atoms with Gasteiger partial charge in [0.15, 0.2) is 0 Å². The van der Waals surface area contributed by atoms with Crippen molar-refractivity contribution in [2.24, 2.45) is 5.73 Å². The van der Waals surface area contributed by atoms with E-state index in [4.69, 9.17) is 15.6 Å². The molecule has 3 N–H and O–H groups in total. The molecule has 54 valence electrons. The van der Waals surface area contributed by atoms with Crippen molar-refractivity contribution in [2.45, 2.75) is 13.3 Å². The van der Waals surface area contributed by atoms with Gasteiger partial charge in [-0.15, -0.1) is 0 Å². The van der Waals surface area contributed by atoms with E-state index in [9.17, 15) is 0 Å². The molecule has 1 rings (SSSR count). The Morgan fingerprint density at radius 1 is 1.80 bits per heavy atom. The van der Waals surface area contributed by atoms with Gasteiger partial charge in [0.05, 0.1) is 12.1 Å². The number of hydrogen-bond donors (Lipinski definition) is 2. The lowest BCUT2D eigenvalue weighted by molar-refractivity contribution is 0.531. The Labute approximate surface area is 59.3 Å². The van der Waals surface area contributed by atoms with Crippen LogP contribution in [0.3, 0.4) is 0 Å². The minimum absolute atomic E-state index is 0.171. The van der Waals surface area contributed by atoms with Gasteiger partial charge >= 0.3 is 0 Å². The van der Waals surface area contributed by atoms with Crippen molar-refractivity contribution < 1.29 is 4.42 Å².